The van der Waals surface area contributed by atoms with E-state index in [0.29, 0.717) is 25.1 Å². The Morgan fingerprint density at radius 1 is 1.56 bits per heavy atom. The lowest BCUT2D eigenvalue weighted by Crippen LogP contribution is -2.31. The quantitative estimate of drug-likeness (QED) is 0.766. The molecule has 0 bridgehead atoms. The Labute approximate surface area is 96.2 Å². The predicted molar refractivity (Wildman–Crippen MR) is 64.6 cm³/mol. The molecule has 3 N–H and O–H groups in total. The topological polar surface area (TPSA) is 60.2 Å². The number of rotatable bonds is 6. The van der Waals surface area contributed by atoms with Crippen molar-refractivity contribution in [2.45, 2.75) is 25.8 Å². The number of nitrogens with two attached hydrogens (primary N) is 1. The van der Waals surface area contributed by atoms with Crippen molar-refractivity contribution in [1.29, 1.82) is 0 Å². The summed E-state index contributed by atoms with van der Waals surface area (Å²) in [6.07, 6.45) is 2.56. The molecule has 0 aromatic carbocycles. The summed E-state index contributed by atoms with van der Waals surface area (Å²) in [5, 5.41) is 3.37. The van der Waals surface area contributed by atoms with Crippen LogP contribution >= 0.6 is 0 Å². The lowest BCUT2D eigenvalue weighted by atomic mass is 10.2. The average molecular weight is 221 g/mol. The van der Waals surface area contributed by atoms with Crippen LogP contribution in [0.3, 0.4) is 0 Å². The minimum atomic E-state index is 0.351. The van der Waals surface area contributed by atoms with Gasteiger partial charge in [0.15, 0.2) is 0 Å². The maximum atomic E-state index is 5.74. The molecule has 16 heavy (non-hydrogen) atoms. The van der Waals surface area contributed by atoms with Gasteiger partial charge in [0, 0.05) is 18.7 Å². The van der Waals surface area contributed by atoms with Crippen molar-refractivity contribution in [3.8, 4) is 5.88 Å². The van der Waals surface area contributed by atoms with Gasteiger partial charge in [-0.15, -0.1) is 0 Å². The number of aromatic nitrogens is 1. The zero-order valence-corrected chi connectivity index (χ0v) is 9.65. The van der Waals surface area contributed by atoms with Gasteiger partial charge < -0.3 is 15.8 Å². The van der Waals surface area contributed by atoms with Crippen LogP contribution in [-0.2, 0) is 0 Å². The normalized spacial score (nSPS) is 16.9. The van der Waals surface area contributed by atoms with Crippen LogP contribution in [0.2, 0.25) is 0 Å². The van der Waals surface area contributed by atoms with E-state index in [1.54, 1.807) is 0 Å². The lowest BCUT2D eigenvalue weighted by molar-refractivity contribution is 0.327. The van der Waals surface area contributed by atoms with Crippen LogP contribution in [0.4, 0.5) is 5.82 Å². The highest BCUT2D eigenvalue weighted by Crippen LogP contribution is 2.33. The summed E-state index contributed by atoms with van der Waals surface area (Å²) in [6, 6.07) is 6.11. The molecule has 1 aromatic rings. The monoisotopic (exact) mass is 221 g/mol. The third-order valence-electron chi connectivity index (χ3n) is 2.79. The Bertz CT molecular complexity index is 339. The molecule has 1 saturated carbocycles. The summed E-state index contributed by atoms with van der Waals surface area (Å²) in [5.74, 6) is 2.25. The first-order valence-corrected chi connectivity index (χ1v) is 5.90. The summed E-state index contributed by atoms with van der Waals surface area (Å²) in [5.41, 5.74) is 5.74. The molecule has 88 valence electrons. The summed E-state index contributed by atoms with van der Waals surface area (Å²) in [6.45, 7) is 3.25. The number of nitrogens with zero attached hydrogens (tertiary/aromatic N) is 1. The number of nitrogens with one attached hydrogen (secondary N) is 1. The van der Waals surface area contributed by atoms with E-state index in [-0.39, 0.29) is 0 Å². The number of hydrogen-bond donors (Lipinski definition) is 2. The van der Waals surface area contributed by atoms with Crippen LogP contribution in [0.5, 0.6) is 5.88 Å². The molecule has 0 aliphatic heterocycles. The zero-order valence-electron chi connectivity index (χ0n) is 9.65. The highest BCUT2D eigenvalue weighted by molar-refractivity contribution is 5.38. The summed E-state index contributed by atoms with van der Waals surface area (Å²) >= 11 is 0. The smallest absolute Gasteiger partial charge is 0.215 e. The summed E-state index contributed by atoms with van der Waals surface area (Å²) in [4.78, 5) is 4.37. The molecular weight excluding hydrogens is 202 g/mol. The highest BCUT2D eigenvalue weighted by Gasteiger charge is 2.30. The molecular formula is C12H19N3O. The van der Waals surface area contributed by atoms with Crippen molar-refractivity contribution in [3.05, 3.63) is 18.2 Å². The third-order valence-corrected chi connectivity index (χ3v) is 2.79. The van der Waals surface area contributed by atoms with Crippen LogP contribution in [0, 0.1) is 5.92 Å². The number of anilines is 1. The van der Waals surface area contributed by atoms with Crippen molar-refractivity contribution in [3.63, 3.8) is 0 Å². The molecule has 1 atom stereocenters. The largest absolute Gasteiger partial charge is 0.478 e. The van der Waals surface area contributed by atoms with E-state index in [4.69, 9.17) is 10.5 Å². The Morgan fingerprint density at radius 3 is 3.00 bits per heavy atom. The van der Waals surface area contributed by atoms with E-state index in [2.05, 4.69) is 10.3 Å². The van der Waals surface area contributed by atoms with Gasteiger partial charge in [-0.3, -0.25) is 0 Å². The minimum Gasteiger partial charge on any atom is -0.478 e. The second kappa shape index (κ2) is 5.16. The van der Waals surface area contributed by atoms with Crippen molar-refractivity contribution in [2.24, 2.45) is 11.7 Å². The molecule has 0 spiro atoms. The fraction of sp³-hybridized carbons (Fsp3) is 0.583. The Kier molecular flexibility index (Phi) is 3.62. The Balaban J connectivity index is 1.99. The van der Waals surface area contributed by atoms with Crippen LogP contribution in [-0.4, -0.2) is 24.2 Å². The molecule has 1 heterocycles. The maximum Gasteiger partial charge on any atom is 0.215 e. The molecule has 4 heteroatoms. The van der Waals surface area contributed by atoms with E-state index in [9.17, 15) is 0 Å². The molecule has 4 nitrogen and oxygen atoms in total. The van der Waals surface area contributed by atoms with Gasteiger partial charge in [-0.25, -0.2) is 0 Å². The van der Waals surface area contributed by atoms with Gasteiger partial charge in [-0.2, -0.15) is 4.98 Å². The maximum absolute atomic E-state index is 5.74. The van der Waals surface area contributed by atoms with E-state index in [1.807, 2.05) is 25.1 Å². The first kappa shape index (κ1) is 11.2. The van der Waals surface area contributed by atoms with Crippen LogP contribution in [0.15, 0.2) is 18.2 Å². The molecule has 2 rings (SSSR count). The second-order valence-electron chi connectivity index (χ2n) is 4.12. The number of pyridine rings is 1. The predicted octanol–water partition coefficient (Wildman–Crippen LogP) is 1.63. The fourth-order valence-electron chi connectivity index (χ4n) is 1.78. The van der Waals surface area contributed by atoms with Crippen molar-refractivity contribution in [2.75, 3.05) is 18.5 Å². The summed E-state index contributed by atoms with van der Waals surface area (Å²) < 4.78 is 5.36. The minimum absolute atomic E-state index is 0.351. The first-order chi connectivity index (χ1) is 7.83. The van der Waals surface area contributed by atoms with E-state index < -0.39 is 0 Å². The number of ether oxygens (including phenoxy) is 1. The van der Waals surface area contributed by atoms with Gasteiger partial charge in [0.2, 0.25) is 5.88 Å². The lowest BCUT2D eigenvalue weighted by Gasteiger charge is -2.16. The van der Waals surface area contributed by atoms with Crippen LogP contribution in [0.1, 0.15) is 19.8 Å². The SMILES string of the molecule is CCOc1cccc(NC(CN)C2CC2)n1. The fourth-order valence-corrected chi connectivity index (χ4v) is 1.78. The van der Waals surface area contributed by atoms with E-state index in [0.717, 1.165) is 11.7 Å². The van der Waals surface area contributed by atoms with Crippen LogP contribution < -0.4 is 15.8 Å². The van der Waals surface area contributed by atoms with Crippen molar-refractivity contribution < 1.29 is 4.74 Å². The number of hydrogen-bond acceptors (Lipinski definition) is 4. The molecule has 1 unspecified atom stereocenters. The van der Waals surface area contributed by atoms with Crippen molar-refractivity contribution >= 4 is 5.82 Å². The second-order valence-corrected chi connectivity index (χ2v) is 4.12. The zero-order chi connectivity index (χ0) is 11.4. The van der Waals surface area contributed by atoms with Gasteiger partial charge in [0.25, 0.3) is 0 Å². The first-order valence-electron chi connectivity index (χ1n) is 5.90. The molecule has 1 fully saturated rings. The standard InChI is InChI=1S/C12H19N3O/c1-2-16-12-5-3-4-11(15-12)14-10(8-13)9-6-7-9/h3-5,9-10H,2,6-8,13H2,1H3,(H,14,15). The molecule has 1 aromatic heterocycles. The van der Waals surface area contributed by atoms with Crippen molar-refractivity contribution in [1.82, 2.24) is 4.98 Å². The molecule has 1 aliphatic carbocycles. The molecule has 0 amide bonds. The molecule has 0 saturated heterocycles. The van der Waals surface area contributed by atoms with Gasteiger partial charge in [-0.1, -0.05) is 6.07 Å². The van der Waals surface area contributed by atoms with Gasteiger partial charge in [0.05, 0.1) is 6.61 Å². The highest BCUT2D eigenvalue weighted by atomic mass is 16.5. The Hall–Kier alpha value is -1.29. The third kappa shape index (κ3) is 2.85. The average Bonchev–Trinajstić information content (AvgIpc) is 3.11. The molecule has 0 radical (unpaired) electrons. The van der Waals surface area contributed by atoms with E-state index in [1.165, 1.54) is 12.8 Å². The Morgan fingerprint density at radius 2 is 2.38 bits per heavy atom. The van der Waals surface area contributed by atoms with Crippen LogP contribution in [0.25, 0.3) is 0 Å². The van der Waals surface area contributed by atoms with Gasteiger partial charge >= 0.3 is 0 Å². The van der Waals surface area contributed by atoms with Gasteiger partial charge in [-0.05, 0) is 31.7 Å². The molecule has 1 aliphatic rings. The summed E-state index contributed by atoms with van der Waals surface area (Å²) in [7, 11) is 0. The van der Waals surface area contributed by atoms with E-state index >= 15 is 0 Å². The van der Waals surface area contributed by atoms with Gasteiger partial charge in [0.1, 0.15) is 5.82 Å².